The molecular weight excluding hydrogens is 737 g/mol. The summed E-state index contributed by atoms with van der Waals surface area (Å²) in [6, 6.07) is 23.4. The van der Waals surface area contributed by atoms with Gasteiger partial charge in [-0.15, -0.1) is 22.7 Å². The summed E-state index contributed by atoms with van der Waals surface area (Å²) in [5.41, 5.74) is 8.06. The first-order valence-corrected chi connectivity index (χ1v) is 19.2. The van der Waals surface area contributed by atoms with E-state index >= 15 is 0 Å². The van der Waals surface area contributed by atoms with Crippen LogP contribution in [-0.2, 0) is 20.2 Å². The molecule has 2 heterocycles. The summed E-state index contributed by atoms with van der Waals surface area (Å²) in [5, 5.41) is 8.86. The predicted octanol–water partition coefficient (Wildman–Crippen LogP) is 4.49. The highest BCUT2D eigenvalue weighted by atomic mass is 32.2. The normalized spacial score (nSPS) is 12.9. The maximum Gasteiger partial charge on any atom is 0.296 e. The lowest BCUT2D eigenvalue weighted by molar-refractivity contribution is 0.481. The summed E-state index contributed by atoms with van der Waals surface area (Å²) in [6.45, 7) is 1.62. The minimum atomic E-state index is -4.43. The van der Waals surface area contributed by atoms with Crippen molar-refractivity contribution in [3.05, 3.63) is 128 Å². The molecule has 0 fully saturated rings. The van der Waals surface area contributed by atoms with Gasteiger partial charge in [-0.05, 0) is 97.4 Å². The molecule has 0 saturated carbocycles. The van der Waals surface area contributed by atoms with Crippen molar-refractivity contribution in [2.45, 2.75) is 16.7 Å². The molecule has 0 unspecified atom stereocenters. The quantitative estimate of drug-likeness (QED) is 0.125. The zero-order valence-corrected chi connectivity index (χ0v) is 29.2. The Kier molecular flexibility index (Phi) is 8.66. The average Bonchev–Trinajstić information content (AvgIpc) is 3.71. The Morgan fingerprint density at radius 1 is 0.667 bits per heavy atom. The number of hydrogen-bond donors (Lipinski definition) is 4. The molecule has 14 nitrogen and oxygen atoms in total. The van der Waals surface area contributed by atoms with Gasteiger partial charge in [0.2, 0.25) is 10.9 Å². The van der Waals surface area contributed by atoms with Gasteiger partial charge in [0.25, 0.3) is 20.2 Å². The third-order valence-corrected chi connectivity index (χ3v) is 11.8. The lowest BCUT2D eigenvalue weighted by atomic mass is 10.2. The molecule has 0 atom stereocenters. The number of nitrogens with one attached hydrogen (secondary N) is 2. The van der Waals surface area contributed by atoms with Crippen LogP contribution in [0.5, 0.6) is 0 Å². The predicted molar refractivity (Wildman–Crippen MR) is 194 cm³/mol. The Morgan fingerprint density at radius 3 is 1.96 bits per heavy atom. The first-order chi connectivity index (χ1) is 24.2. The standard InChI is InChI=1S/C33H22N6O8S4/c1-17-2-12-25-30(31(17)51(45,46)47)49-33(35-25)19-5-13-23-27(16-19)48-32(34-23)18-3-6-20(7-4-18)37-39-28-26(40)15-14-24(29(28)41)38-36-21-8-10-22(11-9-21)50(42,43)44/h2-16,36-37H,1H3,(H,42,43,44)(H,45,46,47)/b38-24-,39-28-. The largest absolute Gasteiger partial charge is 0.296 e. The van der Waals surface area contributed by atoms with Gasteiger partial charge in [-0.3, -0.25) is 29.5 Å². The number of hydrogen-bond acceptors (Lipinski definition) is 14. The summed E-state index contributed by atoms with van der Waals surface area (Å²) >= 11 is 2.64. The van der Waals surface area contributed by atoms with Crippen LogP contribution in [0.25, 0.3) is 41.6 Å². The van der Waals surface area contributed by atoms with Crippen molar-refractivity contribution >= 4 is 74.7 Å². The second-order valence-corrected chi connectivity index (χ2v) is 15.8. The van der Waals surface area contributed by atoms with E-state index in [0.717, 1.165) is 44.6 Å². The average molecular weight is 759 g/mol. The lowest BCUT2D eigenvalue weighted by Gasteiger charge is -2.02. The lowest BCUT2D eigenvalue weighted by Crippen LogP contribution is -2.47. The van der Waals surface area contributed by atoms with Gasteiger partial charge in [-0.25, -0.2) is 9.97 Å². The molecule has 256 valence electrons. The van der Waals surface area contributed by atoms with E-state index in [1.165, 1.54) is 40.9 Å². The van der Waals surface area contributed by atoms with Crippen LogP contribution < -0.4 is 32.4 Å². The molecular formula is C33H22N6O8S4. The Bertz CT molecular complexity index is 2970. The second kappa shape index (κ2) is 13.0. The Labute approximate surface area is 296 Å². The molecule has 0 aliphatic heterocycles. The van der Waals surface area contributed by atoms with E-state index in [1.54, 1.807) is 31.2 Å². The van der Waals surface area contributed by atoms with Gasteiger partial charge in [-0.1, -0.05) is 6.07 Å². The highest BCUT2D eigenvalue weighted by molar-refractivity contribution is 7.86. The Balaban J connectivity index is 1.10. The van der Waals surface area contributed by atoms with Crippen LogP contribution in [0.3, 0.4) is 0 Å². The summed E-state index contributed by atoms with van der Waals surface area (Å²) in [4.78, 5) is 34.3. The fraction of sp³-hybridized carbons (Fsp3) is 0.0303. The summed E-state index contributed by atoms with van der Waals surface area (Å²) in [7, 11) is -8.79. The highest BCUT2D eigenvalue weighted by Crippen LogP contribution is 2.38. The van der Waals surface area contributed by atoms with Crippen molar-refractivity contribution in [2.75, 3.05) is 10.9 Å². The van der Waals surface area contributed by atoms with Crippen LogP contribution in [0.1, 0.15) is 5.56 Å². The van der Waals surface area contributed by atoms with E-state index < -0.39 is 31.1 Å². The van der Waals surface area contributed by atoms with E-state index in [4.69, 9.17) is 9.54 Å². The summed E-state index contributed by atoms with van der Waals surface area (Å²) < 4.78 is 66.7. The molecule has 0 saturated heterocycles. The van der Waals surface area contributed by atoms with E-state index in [-0.39, 0.29) is 20.5 Å². The monoisotopic (exact) mass is 758 g/mol. The van der Waals surface area contributed by atoms with Crippen LogP contribution in [0.2, 0.25) is 0 Å². The number of fused-ring (bicyclic) bond motifs is 2. The topological polar surface area (TPSA) is 217 Å². The maximum absolute atomic E-state index is 12.9. The molecule has 7 rings (SSSR count). The van der Waals surface area contributed by atoms with Crippen LogP contribution in [-0.4, -0.2) is 35.9 Å². The SMILES string of the molecule is Cc1ccc2nc(-c3ccc4nc(-c5ccc(N/N=c6/c(=O)cc/c(=N/Nc7ccc(S(=O)(=O)O)cc7)c6=O)cc5)sc4c3)sc2c1S(=O)(=O)O. The molecule has 0 amide bonds. The third-order valence-electron chi connectivity index (χ3n) is 7.56. The first-order valence-electron chi connectivity index (χ1n) is 14.7. The highest BCUT2D eigenvalue weighted by Gasteiger charge is 2.21. The number of aryl methyl sites for hydroxylation is 1. The van der Waals surface area contributed by atoms with Crippen molar-refractivity contribution in [2.24, 2.45) is 10.2 Å². The zero-order valence-electron chi connectivity index (χ0n) is 25.9. The zero-order chi connectivity index (χ0) is 36.1. The summed E-state index contributed by atoms with van der Waals surface area (Å²) in [6.07, 6.45) is 0. The molecule has 51 heavy (non-hydrogen) atoms. The van der Waals surface area contributed by atoms with Gasteiger partial charge in [-0.2, -0.15) is 27.0 Å². The molecule has 4 N–H and O–H groups in total. The molecule has 0 aliphatic carbocycles. The molecule has 2 aromatic heterocycles. The first kappa shape index (κ1) is 34.0. The fourth-order valence-electron chi connectivity index (χ4n) is 5.06. The second-order valence-electron chi connectivity index (χ2n) is 11.0. The van der Waals surface area contributed by atoms with Crippen LogP contribution in [0.15, 0.2) is 121 Å². The van der Waals surface area contributed by atoms with Gasteiger partial charge in [0.05, 0.1) is 36.7 Å². The molecule has 0 aliphatic rings. The minimum Gasteiger partial charge on any atom is -0.287 e. The third kappa shape index (κ3) is 6.96. The molecule has 18 heteroatoms. The minimum absolute atomic E-state index is 0.107. The van der Waals surface area contributed by atoms with E-state index in [1.807, 2.05) is 30.3 Å². The van der Waals surface area contributed by atoms with Crippen molar-refractivity contribution < 1.29 is 25.9 Å². The van der Waals surface area contributed by atoms with E-state index in [0.29, 0.717) is 32.2 Å². The maximum atomic E-state index is 12.9. The number of benzene rings is 5. The number of rotatable bonds is 8. The van der Waals surface area contributed by atoms with Crippen LogP contribution >= 0.6 is 22.7 Å². The van der Waals surface area contributed by atoms with Gasteiger partial charge in [0, 0.05) is 11.1 Å². The molecule has 0 radical (unpaired) electrons. The Morgan fingerprint density at radius 2 is 1.27 bits per heavy atom. The van der Waals surface area contributed by atoms with Crippen molar-refractivity contribution in [3.63, 3.8) is 0 Å². The van der Waals surface area contributed by atoms with Gasteiger partial charge in [0.1, 0.15) is 20.3 Å². The van der Waals surface area contributed by atoms with E-state index in [2.05, 4.69) is 26.0 Å². The fourth-order valence-corrected chi connectivity index (χ4v) is 8.86. The molecule has 7 aromatic rings. The number of nitrogens with zero attached hydrogens (tertiary/aromatic N) is 4. The van der Waals surface area contributed by atoms with E-state index in [9.17, 15) is 31.0 Å². The van der Waals surface area contributed by atoms with Crippen molar-refractivity contribution in [1.29, 1.82) is 0 Å². The number of thiazole rings is 2. The number of anilines is 2. The Hall–Kier alpha value is -5.50. The van der Waals surface area contributed by atoms with Crippen molar-refractivity contribution in [1.82, 2.24) is 9.97 Å². The van der Waals surface area contributed by atoms with Crippen LogP contribution in [0.4, 0.5) is 11.4 Å². The number of aromatic nitrogens is 2. The van der Waals surface area contributed by atoms with Crippen molar-refractivity contribution in [3.8, 4) is 21.1 Å². The molecule has 0 spiro atoms. The summed E-state index contributed by atoms with van der Waals surface area (Å²) in [5.74, 6) is 0. The smallest absolute Gasteiger partial charge is 0.287 e. The van der Waals surface area contributed by atoms with Gasteiger partial charge in [0.15, 0.2) is 5.36 Å². The molecule has 5 aromatic carbocycles. The molecule has 0 bridgehead atoms. The van der Waals surface area contributed by atoms with Gasteiger partial charge < -0.3 is 0 Å². The van der Waals surface area contributed by atoms with Crippen LogP contribution in [0, 0.1) is 6.92 Å². The van der Waals surface area contributed by atoms with Gasteiger partial charge >= 0.3 is 0 Å².